The molecule has 4 aromatic heterocycles. The van der Waals surface area contributed by atoms with Crippen molar-refractivity contribution >= 4 is 73.8 Å². The Morgan fingerprint density at radius 1 is 0.214 bits per heavy atom. The van der Waals surface area contributed by atoms with Crippen LogP contribution in [0.2, 0.25) is 0 Å². The second-order valence-corrected chi connectivity index (χ2v) is 27.1. The van der Waals surface area contributed by atoms with Crippen LogP contribution in [0.5, 0.6) is 0 Å². The van der Waals surface area contributed by atoms with Gasteiger partial charge in [0.25, 0.3) is 0 Å². The number of thiophene rings is 2. The molecule has 0 bridgehead atoms. The zero-order chi connectivity index (χ0) is 75.5. The Morgan fingerprint density at radius 3 is 0.981 bits per heavy atom. The highest BCUT2D eigenvalue weighted by Crippen LogP contribution is 2.47. The summed E-state index contributed by atoms with van der Waals surface area (Å²) in [5.41, 5.74) is 14.9. The molecule has 6 nitrogen and oxygen atoms in total. The SMILES string of the molecule is [2H]c1c([2H])c(-c2c([2H])c([2H])c(-c3cccc4c3sc3cccc(-c5nc(-c6ccccc6)nc(-c6ccc(-c7ccccc7)cc6)n5)c34)c([2H])c2[2H])c([2H])c([2H])c1C.c1ccc(-c2ccc(-c3nc(-c4cccc5ccccc45)nc(-c4cccc5sc6c(-c7ccc(-c8ccccc8)cc7)cccc6c45)n3)cc2)cc1. The van der Waals surface area contributed by atoms with Crippen molar-refractivity contribution in [3.05, 3.63) is 363 Å². The predicted molar refractivity (Wildman–Crippen MR) is 433 cm³/mol. The molecule has 0 spiro atoms. The third-order valence-corrected chi connectivity index (χ3v) is 21.0. The summed E-state index contributed by atoms with van der Waals surface area (Å²) in [6, 6.07) is 103. The Labute approximate surface area is 616 Å². The molecule has 19 rings (SSSR count). The standard InChI is InChI=1S/C49H31N3S.C46H31N3S/c1-3-12-32(13-4-1)34-24-28-37(29-25-34)40-19-10-21-42-45-43(22-11-23-44(45)53-46(40)42)49-51-47(38-30-26-35(27-31-38)33-14-5-2-6-15-33)50-48(52-49)41-20-9-17-36-16-7-8-18-39(36)41;1-30-18-20-32(21-19-30)34-22-26-35(27-23-34)38-14-8-15-39-42-40(16-9-17-41(42)50-43(38)39)46-48-44(36-12-6-3-7-13-36)47-45(49-46)37-28-24-33(25-29-37)31-10-4-2-5-11-31/h1-31H;2-29H,1H3/i;18D,19D,20D,21D,22D,23D,26D,27D. The summed E-state index contributed by atoms with van der Waals surface area (Å²) in [5.74, 6) is 3.47. The maximum Gasteiger partial charge on any atom is 0.164 e. The highest BCUT2D eigenvalue weighted by Gasteiger charge is 2.22. The lowest BCUT2D eigenvalue weighted by molar-refractivity contribution is 1.08. The van der Waals surface area contributed by atoms with E-state index < -0.39 is 24.2 Å². The summed E-state index contributed by atoms with van der Waals surface area (Å²) < 4.78 is 74.5. The van der Waals surface area contributed by atoms with E-state index in [1.807, 2.05) is 108 Å². The molecule has 0 aliphatic heterocycles. The zero-order valence-corrected chi connectivity index (χ0v) is 57.1. The lowest BCUT2D eigenvalue weighted by atomic mass is 9.98. The van der Waals surface area contributed by atoms with Gasteiger partial charge in [0.2, 0.25) is 0 Å². The van der Waals surface area contributed by atoms with Crippen molar-refractivity contribution < 1.29 is 11.0 Å². The number of benzene rings is 15. The summed E-state index contributed by atoms with van der Waals surface area (Å²) in [6.07, 6.45) is 0. The number of fused-ring (bicyclic) bond motifs is 7. The van der Waals surface area contributed by atoms with Crippen molar-refractivity contribution in [2.45, 2.75) is 6.92 Å². The lowest BCUT2D eigenvalue weighted by Crippen LogP contribution is -2.01. The Balaban J connectivity index is 0.000000156. The molecule has 0 unspecified atom stereocenters. The van der Waals surface area contributed by atoms with Crippen LogP contribution < -0.4 is 0 Å². The van der Waals surface area contributed by atoms with Crippen LogP contribution >= 0.6 is 22.7 Å². The number of aromatic nitrogens is 6. The summed E-state index contributed by atoms with van der Waals surface area (Å²) in [6.45, 7) is 1.48. The normalized spacial score (nSPS) is 12.4. The highest BCUT2D eigenvalue weighted by atomic mass is 32.1. The minimum absolute atomic E-state index is 0.0765. The minimum atomic E-state index is -0.442. The fraction of sp³-hybridized carbons (Fsp3) is 0.0105. The maximum atomic E-state index is 9.18. The summed E-state index contributed by atoms with van der Waals surface area (Å²) in [7, 11) is 0. The van der Waals surface area contributed by atoms with Gasteiger partial charge < -0.3 is 0 Å². The van der Waals surface area contributed by atoms with Crippen molar-refractivity contribution in [3.8, 4) is 135 Å². The van der Waals surface area contributed by atoms with E-state index in [0.29, 0.717) is 40.5 Å². The third-order valence-electron chi connectivity index (χ3n) is 18.6. The summed E-state index contributed by atoms with van der Waals surface area (Å²) in [5, 5.41) is 6.31. The first kappa shape index (κ1) is 53.9. The maximum absolute atomic E-state index is 9.18. The van der Waals surface area contributed by atoms with E-state index in [0.717, 1.165) is 86.4 Å². The van der Waals surface area contributed by atoms with Crippen molar-refractivity contribution in [1.82, 2.24) is 29.9 Å². The molecule has 0 radical (unpaired) electrons. The van der Waals surface area contributed by atoms with Gasteiger partial charge in [0.05, 0.1) is 11.0 Å². The fourth-order valence-electron chi connectivity index (χ4n) is 13.4. The number of nitrogens with zero attached hydrogens (tertiary/aromatic N) is 6. The minimum Gasteiger partial charge on any atom is -0.208 e. The Bertz CT molecular complexity index is 6780. The smallest absolute Gasteiger partial charge is 0.164 e. The zero-order valence-electron chi connectivity index (χ0n) is 63.4. The van der Waals surface area contributed by atoms with Gasteiger partial charge in [0, 0.05) is 73.7 Å². The van der Waals surface area contributed by atoms with E-state index in [2.05, 4.69) is 206 Å². The van der Waals surface area contributed by atoms with Gasteiger partial charge in [0.15, 0.2) is 34.9 Å². The highest BCUT2D eigenvalue weighted by molar-refractivity contribution is 7.27. The van der Waals surface area contributed by atoms with E-state index in [-0.39, 0.29) is 46.4 Å². The van der Waals surface area contributed by atoms with Gasteiger partial charge in [-0.25, -0.2) is 29.9 Å². The molecule has 0 saturated carbocycles. The second-order valence-electron chi connectivity index (χ2n) is 25.0. The molecule has 0 N–H and O–H groups in total. The average molecular weight is 1360 g/mol. The molecule has 4 heterocycles. The van der Waals surface area contributed by atoms with Crippen molar-refractivity contribution in [3.63, 3.8) is 0 Å². The molecule has 0 aliphatic carbocycles. The Hall–Kier alpha value is -13.0. The molecule has 0 aliphatic rings. The molecular formula is C95H62N6S2. The lowest BCUT2D eigenvalue weighted by Gasteiger charge is -2.11. The third kappa shape index (κ3) is 12.3. The van der Waals surface area contributed by atoms with Crippen molar-refractivity contribution in [2.75, 3.05) is 0 Å². The molecule has 19 aromatic rings. The average Bonchev–Trinajstić information content (AvgIpc) is 1.68. The van der Waals surface area contributed by atoms with Gasteiger partial charge in [-0.1, -0.05) is 351 Å². The quantitative estimate of drug-likeness (QED) is 0.121. The van der Waals surface area contributed by atoms with Gasteiger partial charge in [-0.2, -0.15) is 0 Å². The van der Waals surface area contributed by atoms with Crippen LogP contribution in [0.25, 0.3) is 186 Å². The van der Waals surface area contributed by atoms with Crippen LogP contribution in [0.3, 0.4) is 0 Å². The molecule has 15 aromatic carbocycles. The van der Waals surface area contributed by atoms with Crippen LogP contribution in [-0.4, -0.2) is 29.9 Å². The van der Waals surface area contributed by atoms with Crippen LogP contribution in [0.15, 0.2) is 358 Å². The monoisotopic (exact) mass is 1360 g/mol. The molecule has 0 amide bonds. The molecule has 0 fully saturated rings. The first-order valence-corrected chi connectivity index (χ1v) is 35.5. The van der Waals surface area contributed by atoms with Gasteiger partial charge in [-0.15, -0.1) is 22.7 Å². The number of rotatable bonds is 12. The van der Waals surface area contributed by atoms with Gasteiger partial charge in [-0.3, -0.25) is 0 Å². The molecule has 0 atom stereocenters. The number of hydrogen-bond donors (Lipinski definition) is 0. The van der Waals surface area contributed by atoms with Crippen LogP contribution in [0, 0.1) is 6.92 Å². The van der Waals surface area contributed by atoms with Gasteiger partial charge in [0.1, 0.15) is 0 Å². The molecule has 484 valence electrons. The molecule has 103 heavy (non-hydrogen) atoms. The predicted octanol–water partition coefficient (Wildman–Crippen LogP) is 25.9. The first-order valence-electron chi connectivity index (χ1n) is 37.9. The topological polar surface area (TPSA) is 77.3 Å². The number of hydrogen-bond acceptors (Lipinski definition) is 8. The van der Waals surface area contributed by atoms with Crippen LogP contribution in [0.1, 0.15) is 16.5 Å². The van der Waals surface area contributed by atoms with Gasteiger partial charge >= 0.3 is 0 Å². The van der Waals surface area contributed by atoms with Crippen LogP contribution in [0.4, 0.5) is 0 Å². The Kier molecular flexibility index (Phi) is 14.3. The van der Waals surface area contributed by atoms with E-state index in [4.69, 9.17) is 38.1 Å². The Morgan fingerprint density at radius 2 is 0.505 bits per heavy atom. The van der Waals surface area contributed by atoms with E-state index in [9.17, 15) is 2.74 Å². The van der Waals surface area contributed by atoms with Crippen molar-refractivity contribution in [1.29, 1.82) is 0 Å². The van der Waals surface area contributed by atoms with Crippen molar-refractivity contribution in [2.24, 2.45) is 0 Å². The molecule has 0 saturated heterocycles. The van der Waals surface area contributed by atoms with E-state index >= 15 is 0 Å². The largest absolute Gasteiger partial charge is 0.208 e. The first-order chi connectivity index (χ1) is 54.3. The summed E-state index contributed by atoms with van der Waals surface area (Å²) >= 11 is 3.29. The summed E-state index contributed by atoms with van der Waals surface area (Å²) in [4.78, 5) is 30.6. The van der Waals surface area contributed by atoms with Gasteiger partial charge in [-0.05, 0) is 96.6 Å². The molecular weight excluding hydrogens is 1290 g/mol. The van der Waals surface area contributed by atoms with E-state index in [1.54, 1.807) is 6.07 Å². The fourth-order valence-corrected chi connectivity index (χ4v) is 15.9. The second kappa shape index (κ2) is 27.3. The molecule has 8 heteroatoms. The van der Waals surface area contributed by atoms with Crippen LogP contribution in [-0.2, 0) is 0 Å². The van der Waals surface area contributed by atoms with E-state index in [1.165, 1.54) is 60.9 Å².